The number of carbonyl (C=O) groups excluding carboxylic acids is 1. The molecule has 10 heteroatoms. The van der Waals surface area contributed by atoms with Crippen LogP contribution < -0.4 is 5.32 Å². The molecule has 130 valence electrons. The first-order chi connectivity index (χ1) is 12.0. The summed E-state index contributed by atoms with van der Waals surface area (Å²) in [6.45, 7) is 0.111. The first kappa shape index (κ1) is 18.7. The maximum atomic E-state index is 11.9. The number of benzene rings is 1. The predicted molar refractivity (Wildman–Crippen MR) is 94.5 cm³/mol. The number of carbonyl (C=O) groups is 2. The van der Waals surface area contributed by atoms with Crippen molar-refractivity contribution >= 4 is 40.2 Å². The second kappa shape index (κ2) is 9.00. The third kappa shape index (κ3) is 6.06. The molecule has 2 amide bonds. The Hall–Kier alpha value is -2.64. The molecule has 0 fully saturated rings. The van der Waals surface area contributed by atoms with Crippen LogP contribution in [-0.4, -0.2) is 45.8 Å². The lowest BCUT2D eigenvalue weighted by Crippen LogP contribution is -2.33. The number of hydrogen-bond acceptors (Lipinski definition) is 7. The summed E-state index contributed by atoms with van der Waals surface area (Å²) in [6, 6.07) is 8.92. The van der Waals surface area contributed by atoms with E-state index in [0.29, 0.717) is 20.8 Å². The summed E-state index contributed by atoms with van der Waals surface area (Å²) in [5, 5.41) is 28.2. The molecule has 2 N–H and O–H groups in total. The third-order valence-electron chi connectivity index (χ3n) is 3.07. The standard InChI is InChI=1S/C15H15N5O3S2/c1-20(7-6-12(21)22)14(23)17-13-18-19-15(25-13)24-9-11-4-2-10(8-16)3-5-11/h2-5H,6-7,9H2,1H3,(H,21,22)(H,17,18,23). The fraction of sp³-hybridized carbons (Fsp3) is 0.267. The van der Waals surface area contributed by atoms with Crippen molar-refractivity contribution in [2.45, 2.75) is 16.5 Å². The molecule has 1 aromatic heterocycles. The zero-order valence-corrected chi connectivity index (χ0v) is 14.9. The van der Waals surface area contributed by atoms with Crippen LogP contribution in [0.15, 0.2) is 28.6 Å². The summed E-state index contributed by atoms with van der Waals surface area (Å²) in [5.41, 5.74) is 1.67. The normalized spacial score (nSPS) is 10.1. The minimum Gasteiger partial charge on any atom is -0.481 e. The molecule has 0 aliphatic carbocycles. The number of anilines is 1. The van der Waals surface area contributed by atoms with Crippen molar-refractivity contribution in [3.63, 3.8) is 0 Å². The molecule has 0 aliphatic heterocycles. The number of hydrogen-bond donors (Lipinski definition) is 2. The summed E-state index contributed by atoms with van der Waals surface area (Å²) in [5.74, 6) is -0.288. The average molecular weight is 377 g/mol. The van der Waals surface area contributed by atoms with Gasteiger partial charge in [0.25, 0.3) is 0 Å². The first-order valence-electron chi connectivity index (χ1n) is 7.17. The Bertz CT molecular complexity index is 785. The average Bonchev–Trinajstić information content (AvgIpc) is 3.05. The lowest BCUT2D eigenvalue weighted by atomic mass is 10.2. The van der Waals surface area contributed by atoms with Gasteiger partial charge in [-0.3, -0.25) is 10.1 Å². The molecule has 2 aromatic rings. The zero-order valence-electron chi connectivity index (χ0n) is 13.3. The van der Waals surface area contributed by atoms with E-state index in [1.54, 1.807) is 12.1 Å². The van der Waals surface area contributed by atoms with E-state index in [1.807, 2.05) is 12.1 Å². The number of thioether (sulfide) groups is 1. The second-order valence-electron chi connectivity index (χ2n) is 4.97. The molecular weight excluding hydrogens is 362 g/mol. The lowest BCUT2D eigenvalue weighted by molar-refractivity contribution is -0.137. The van der Waals surface area contributed by atoms with E-state index >= 15 is 0 Å². The van der Waals surface area contributed by atoms with Gasteiger partial charge in [-0.2, -0.15) is 5.26 Å². The first-order valence-corrected chi connectivity index (χ1v) is 8.97. The van der Waals surface area contributed by atoms with Gasteiger partial charge < -0.3 is 10.0 Å². The van der Waals surface area contributed by atoms with Crippen molar-refractivity contribution < 1.29 is 14.7 Å². The maximum absolute atomic E-state index is 11.9. The van der Waals surface area contributed by atoms with Crippen LogP contribution in [0, 0.1) is 11.3 Å². The number of aromatic nitrogens is 2. The molecule has 1 aromatic carbocycles. The third-order valence-corrected chi connectivity index (χ3v) is 5.12. The highest BCUT2D eigenvalue weighted by Gasteiger charge is 2.13. The van der Waals surface area contributed by atoms with Crippen molar-refractivity contribution in [1.82, 2.24) is 15.1 Å². The fourth-order valence-electron chi connectivity index (χ4n) is 1.69. The van der Waals surface area contributed by atoms with Crippen LogP contribution in [0.2, 0.25) is 0 Å². The molecule has 0 unspecified atom stereocenters. The molecule has 0 atom stereocenters. The van der Waals surface area contributed by atoms with Crippen LogP contribution in [0.25, 0.3) is 0 Å². The van der Waals surface area contributed by atoms with Crippen LogP contribution in [0.5, 0.6) is 0 Å². The van der Waals surface area contributed by atoms with Gasteiger partial charge in [0.05, 0.1) is 18.1 Å². The van der Waals surface area contributed by atoms with E-state index in [9.17, 15) is 9.59 Å². The van der Waals surface area contributed by atoms with Crippen molar-refractivity contribution in [2.24, 2.45) is 0 Å². The maximum Gasteiger partial charge on any atom is 0.323 e. The van der Waals surface area contributed by atoms with Crippen LogP contribution in [0.1, 0.15) is 17.5 Å². The number of nitrogens with one attached hydrogen (secondary N) is 1. The van der Waals surface area contributed by atoms with E-state index in [2.05, 4.69) is 21.6 Å². The van der Waals surface area contributed by atoms with Gasteiger partial charge in [-0.05, 0) is 17.7 Å². The number of carboxylic acid groups (broad SMARTS) is 1. The van der Waals surface area contributed by atoms with Gasteiger partial charge in [0.15, 0.2) is 4.34 Å². The summed E-state index contributed by atoms with van der Waals surface area (Å²) in [7, 11) is 1.51. The summed E-state index contributed by atoms with van der Waals surface area (Å²) < 4.78 is 0.702. The predicted octanol–water partition coefficient (Wildman–Crippen LogP) is 2.64. The van der Waals surface area contributed by atoms with Gasteiger partial charge in [0, 0.05) is 19.3 Å². The molecule has 0 saturated heterocycles. The Balaban J connectivity index is 1.83. The Labute approximate surface area is 152 Å². The Morgan fingerprint density at radius 2 is 2.08 bits per heavy atom. The molecular formula is C15H15N5O3S2. The van der Waals surface area contributed by atoms with Crippen molar-refractivity contribution in [2.75, 3.05) is 18.9 Å². The topological polar surface area (TPSA) is 119 Å². The van der Waals surface area contributed by atoms with Gasteiger partial charge in [-0.1, -0.05) is 35.2 Å². The van der Waals surface area contributed by atoms with E-state index in [1.165, 1.54) is 35.0 Å². The molecule has 8 nitrogen and oxygen atoms in total. The lowest BCUT2D eigenvalue weighted by Gasteiger charge is -2.15. The fourth-order valence-corrected chi connectivity index (χ4v) is 3.39. The highest BCUT2D eigenvalue weighted by molar-refractivity contribution is 8.00. The molecule has 2 rings (SSSR count). The van der Waals surface area contributed by atoms with Gasteiger partial charge in [0.1, 0.15) is 0 Å². The number of aliphatic carboxylic acids is 1. The number of amides is 2. The van der Waals surface area contributed by atoms with Crippen LogP contribution >= 0.6 is 23.1 Å². The Kier molecular flexibility index (Phi) is 6.73. The number of nitriles is 1. The van der Waals surface area contributed by atoms with E-state index in [4.69, 9.17) is 10.4 Å². The van der Waals surface area contributed by atoms with Gasteiger partial charge >= 0.3 is 12.0 Å². The van der Waals surface area contributed by atoms with Crippen molar-refractivity contribution in [3.8, 4) is 6.07 Å². The Morgan fingerprint density at radius 1 is 1.36 bits per heavy atom. The van der Waals surface area contributed by atoms with E-state index in [0.717, 1.165) is 5.56 Å². The molecule has 0 spiro atoms. The van der Waals surface area contributed by atoms with Gasteiger partial charge in [-0.15, -0.1) is 10.2 Å². The summed E-state index contributed by atoms with van der Waals surface area (Å²) >= 11 is 2.72. The van der Waals surface area contributed by atoms with Gasteiger partial charge in [-0.25, -0.2) is 4.79 Å². The van der Waals surface area contributed by atoms with Crippen LogP contribution in [0.4, 0.5) is 9.93 Å². The smallest absolute Gasteiger partial charge is 0.323 e. The van der Waals surface area contributed by atoms with Gasteiger partial charge in [0.2, 0.25) is 5.13 Å². The molecule has 0 aliphatic rings. The molecule has 0 saturated carbocycles. The van der Waals surface area contributed by atoms with Crippen molar-refractivity contribution in [1.29, 1.82) is 5.26 Å². The largest absolute Gasteiger partial charge is 0.481 e. The Morgan fingerprint density at radius 3 is 2.72 bits per heavy atom. The van der Waals surface area contributed by atoms with Crippen molar-refractivity contribution in [3.05, 3.63) is 35.4 Å². The van der Waals surface area contributed by atoms with Crippen LogP contribution in [0.3, 0.4) is 0 Å². The molecule has 0 bridgehead atoms. The quantitative estimate of drug-likeness (QED) is 0.562. The number of urea groups is 1. The monoisotopic (exact) mass is 377 g/mol. The summed E-state index contributed by atoms with van der Waals surface area (Å²) in [6.07, 6.45) is -0.119. The van der Waals surface area contributed by atoms with E-state index in [-0.39, 0.29) is 13.0 Å². The minimum atomic E-state index is -0.961. The highest BCUT2D eigenvalue weighted by Crippen LogP contribution is 2.28. The SMILES string of the molecule is CN(CCC(=O)O)C(=O)Nc1nnc(SCc2ccc(C#N)cc2)s1. The molecule has 1 heterocycles. The zero-order chi connectivity index (χ0) is 18.2. The van der Waals surface area contributed by atoms with E-state index < -0.39 is 12.0 Å². The highest BCUT2D eigenvalue weighted by atomic mass is 32.2. The van der Waals surface area contributed by atoms with Crippen LogP contribution in [-0.2, 0) is 10.5 Å². The molecule has 0 radical (unpaired) electrons. The second-order valence-corrected chi connectivity index (χ2v) is 7.17. The number of nitrogens with zero attached hydrogens (tertiary/aromatic N) is 4. The molecule has 25 heavy (non-hydrogen) atoms. The summed E-state index contributed by atoms with van der Waals surface area (Å²) in [4.78, 5) is 23.7. The number of carboxylic acids is 1. The number of rotatable bonds is 7. The minimum absolute atomic E-state index is 0.111.